The lowest BCUT2D eigenvalue weighted by Crippen LogP contribution is -2.49. The number of nitrogens with zero attached hydrogens (tertiary/aromatic N) is 3. The molecule has 4 rings (SSSR count). The maximum absolute atomic E-state index is 14.2. The van der Waals surface area contributed by atoms with Gasteiger partial charge in [0.15, 0.2) is 0 Å². The quantitative estimate of drug-likeness (QED) is 0.463. The Morgan fingerprint density at radius 1 is 1.06 bits per heavy atom. The second kappa shape index (κ2) is 11.5. The van der Waals surface area contributed by atoms with E-state index < -0.39 is 0 Å². The van der Waals surface area contributed by atoms with Gasteiger partial charge in [-0.3, -0.25) is 9.69 Å². The molecule has 0 aromatic heterocycles. The zero-order valence-electron chi connectivity index (χ0n) is 21.3. The summed E-state index contributed by atoms with van der Waals surface area (Å²) >= 11 is 1.72. The van der Waals surface area contributed by atoms with Crippen molar-refractivity contribution >= 4 is 34.9 Å². The van der Waals surface area contributed by atoms with Crippen molar-refractivity contribution in [3.05, 3.63) is 70.5 Å². The Hall–Kier alpha value is -2.41. The third-order valence-electron chi connectivity index (χ3n) is 7.01. The molecule has 0 radical (unpaired) electrons. The summed E-state index contributed by atoms with van der Waals surface area (Å²) in [5.41, 5.74) is 6.05. The van der Waals surface area contributed by atoms with Crippen LogP contribution in [0, 0.1) is 5.82 Å². The highest BCUT2D eigenvalue weighted by molar-refractivity contribution is 7.98. The fourth-order valence-electron chi connectivity index (χ4n) is 4.94. The summed E-state index contributed by atoms with van der Waals surface area (Å²) in [4.78, 5) is 21.1. The fraction of sp³-hybridized carbons (Fsp3) is 0.414. The van der Waals surface area contributed by atoms with Crippen LogP contribution in [0.4, 0.5) is 4.39 Å². The molecule has 1 aliphatic heterocycles. The van der Waals surface area contributed by atoms with Crippen LogP contribution in [0.15, 0.2) is 52.9 Å². The van der Waals surface area contributed by atoms with E-state index in [1.165, 1.54) is 11.0 Å². The number of benzene rings is 2. The first-order valence-electron chi connectivity index (χ1n) is 12.4. The van der Waals surface area contributed by atoms with Crippen molar-refractivity contribution in [3.63, 3.8) is 0 Å². The topological polar surface area (TPSA) is 26.8 Å². The van der Waals surface area contributed by atoms with Crippen LogP contribution in [0.5, 0.6) is 0 Å². The van der Waals surface area contributed by atoms with Gasteiger partial charge in [-0.25, -0.2) is 4.39 Å². The maximum Gasteiger partial charge on any atom is 0.227 e. The molecular weight excluding hydrogens is 457 g/mol. The van der Waals surface area contributed by atoms with Gasteiger partial charge < -0.3 is 9.80 Å². The van der Waals surface area contributed by atoms with Gasteiger partial charge in [0.25, 0.3) is 0 Å². The molecular formula is C29H36FN3OS. The Morgan fingerprint density at radius 3 is 2.43 bits per heavy atom. The number of allylic oxidation sites excluding steroid dienone is 2. The van der Waals surface area contributed by atoms with E-state index in [2.05, 4.69) is 67.4 Å². The van der Waals surface area contributed by atoms with E-state index in [0.717, 1.165) is 79.1 Å². The molecule has 0 atom stereocenters. The molecule has 1 amide bonds. The minimum atomic E-state index is -0.265. The zero-order chi connectivity index (χ0) is 24.9. The van der Waals surface area contributed by atoms with Crippen molar-refractivity contribution in [2.45, 2.75) is 24.7 Å². The maximum atomic E-state index is 14.2. The molecule has 4 nitrogen and oxygen atoms in total. The average molecular weight is 494 g/mol. The van der Waals surface area contributed by atoms with Gasteiger partial charge in [-0.05, 0) is 111 Å². The number of halogens is 1. The third kappa shape index (κ3) is 6.24. The summed E-state index contributed by atoms with van der Waals surface area (Å²) in [7, 11) is 4.20. The van der Waals surface area contributed by atoms with E-state index in [-0.39, 0.29) is 11.7 Å². The monoisotopic (exact) mass is 493 g/mol. The summed E-state index contributed by atoms with van der Waals surface area (Å²) in [6.45, 7) is 7.56. The summed E-state index contributed by atoms with van der Waals surface area (Å²) < 4.78 is 14.2. The van der Waals surface area contributed by atoms with Crippen LogP contribution in [0.3, 0.4) is 0 Å². The molecule has 0 bridgehead atoms. The van der Waals surface area contributed by atoms with Crippen LogP contribution in [-0.4, -0.2) is 80.2 Å². The summed E-state index contributed by atoms with van der Waals surface area (Å²) in [6, 6.07) is 13.4. The van der Waals surface area contributed by atoms with Gasteiger partial charge in [0.05, 0.1) is 6.42 Å². The van der Waals surface area contributed by atoms with E-state index in [4.69, 9.17) is 0 Å². The summed E-state index contributed by atoms with van der Waals surface area (Å²) in [6.07, 6.45) is 5.67. The van der Waals surface area contributed by atoms with Crippen LogP contribution >= 0.6 is 11.8 Å². The number of fused-ring (bicyclic) bond motifs is 1. The third-order valence-corrected chi connectivity index (χ3v) is 7.76. The second-order valence-electron chi connectivity index (χ2n) is 9.68. The van der Waals surface area contributed by atoms with Crippen LogP contribution in [0.1, 0.15) is 36.5 Å². The Labute approximate surface area is 213 Å². The number of thioether (sulfide) groups is 1. The zero-order valence-corrected chi connectivity index (χ0v) is 22.1. The molecule has 186 valence electrons. The van der Waals surface area contributed by atoms with E-state index in [9.17, 15) is 9.18 Å². The van der Waals surface area contributed by atoms with Crippen molar-refractivity contribution in [3.8, 4) is 0 Å². The van der Waals surface area contributed by atoms with Crippen molar-refractivity contribution in [1.82, 2.24) is 14.7 Å². The second-order valence-corrected chi connectivity index (χ2v) is 10.6. The van der Waals surface area contributed by atoms with Gasteiger partial charge in [0.1, 0.15) is 5.82 Å². The number of hydrogen-bond donors (Lipinski definition) is 0. The predicted octanol–water partition coefficient (Wildman–Crippen LogP) is 5.36. The molecule has 0 N–H and O–H groups in total. The first-order valence-corrected chi connectivity index (χ1v) is 13.6. The normalized spacial score (nSPS) is 17.5. The lowest BCUT2D eigenvalue weighted by molar-refractivity contribution is -0.131. The van der Waals surface area contributed by atoms with Crippen molar-refractivity contribution in [1.29, 1.82) is 0 Å². The molecule has 0 unspecified atom stereocenters. The average Bonchev–Trinajstić information content (AvgIpc) is 3.09. The molecule has 35 heavy (non-hydrogen) atoms. The largest absolute Gasteiger partial charge is 0.340 e. The van der Waals surface area contributed by atoms with Crippen LogP contribution in [-0.2, 0) is 4.79 Å². The number of carbonyl (C=O) groups excluding carboxylic acids is 1. The molecule has 2 aromatic carbocycles. The Kier molecular flexibility index (Phi) is 8.47. The van der Waals surface area contributed by atoms with Crippen molar-refractivity contribution in [2.75, 3.05) is 59.6 Å². The van der Waals surface area contributed by atoms with Crippen molar-refractivity contribution in [2.24, 2.45) is 0 Å². The van der Waals surface area contributed by atoms with Gasteiger partial charge in [0.2, 0.25) is 5.91 Å². The molecule has 6 heteroatoms. The molecule has 0 saturated carbocycles. The van der Waals surface area contributed by atoms with Crippen LogP contribution < -0.4 is 0 Å². The molecule has 1 saturated heterocycles. The first kappa shape index (κ1) is 25.7. The SMILES string of the molecule is CSc1ccc(/C=C2/C(C)=C(CC(=O)N3CCN(CCCN(C)C)CC3)c3cc(F)ccc32)cc1. The highest BCUT2D eigenvalue weighted by Crippen LogP contribution is 2.44. The number of rotatable bonds is 8. The molecule has 2 aromatic rings. The van der Waals surface area contributed by atoms with Gasteiger partial charge in [0, 0.05) is 31.1 Å². The highest BCUT2D eigenvalue weighted by atomic mass is 32.2. The predicted molar refractivity (Wildman–Crippen MR) is 146 cm³/mol. The number of carbonyl (C=O) groups is 1. The molecule has 1 aliphatic carbocycles. The fourth-order valence-corrected chi connectivity index (χ4v) is 5.35. The van der Waals surface area contributed by atoms with Crippen LogP contribution in [0.2, 0.25) is 0 Å². The standard InChI is InChI=1S/C29H36FN3OS/c1-21-26(18-22-6-9-24(35-4)10-7-22)25-11-8-23(30)19-28(25)27(21)20-29(34)33-16-14-32(15-17-33)13-5-12-31(2)3/h6-11,18-19H,5,12-17,20H2,1-4H3/b26-18-. The van der Waals surface area contributed by atoms with Gasteiger partial charge in [-0.2, -0.15) is 0 Å². The van der Waals surface area contributed by atoms with Crippen LogP contribution in [0.25, 0.3) is 17.2 Å². The van der Waals surface area contributed by atoms with E-state index in [1.807, 2.05) is 11.0 Å². The number of hydrogen-bond acceptors (Lipinski definition) is 4. The van der Waals surface area contributed by atoms with Gasteiger partial charge in [-0.15, -0.1) is 11.8 Å². The lowest BCUT2D eigenvalue weighted by Gasteiger charge is -2.35. The van der Waals surface area contributed by atoms with Gasteiger partial charge >= 0.3 is 0 Å². The molecule has 1 heterocycles. The summed E-state index contributed by atoms with van der Waals surface area (Å²) in [5, 5.41) is 0. The molecule has 2 aliphatic rings. The van der Waals surface area contributed by atoms with E-state index in [0.29, 0.717) is 6.42 Å². The van der Waals surface area contributed by atoms with E-state index >= 15 is 0 Å². The Morgan fingerprint density at radius 2 is 1.77 bits per heavy atom. The summed E-state index contributed by atoms with van der Waals surface area (Å²) in [5.74, 6) is -0.133. The number of amides is 1. The minimum absolute atomic E-state index is 0.132. The number of piperazine rings is 1. The smallest absolute Gasteiger partial charge is 0.227 e. The Balaban J connectivity index is 1.49. The minimum Gasteiger partial charge on any atom is -0.340 e. The lowest BCUT2D eigenvalue weighted by atomic mass is 10.0. The van der Waals surface area contributed by atoms with Crippen molar-refractivity contribution < 1.29 is 9.18 Å². The van der Waals surface area contributed by atoms with Gasteiger partial charge in [-0.1, -0.05) is 18.2 Å². The molecule has 0 spiro atoms. The highest BCUT2D eigenvalue weighted by Gasteiger charge is 2.28. The Bertz CT molecular complexity index is 1120. The molecule has 1 fully saturated rings. The first-order chi connectivity index (χ1) is 16.9. The van der Waals surface area contributed by atoms with E-state index in [1.54, 1.807) is 17.8 Å².